The van der Waals surface area contributed by atoms with Crippen LogP contribution >= 0.6 is 0 Å². The summed E-state index contributed by atoms with van der Waals surface area (Å²) >= 11 is 0. The molecule has 0 atom stereocenters. The van der Waals surface area contributed by atoms with E-state index in [-0.39, 0.29) is 5.41 Å². The van der Waals surface area contributed by atoms with Crippen LogP contribution in [0.4, 0.5) is 11.4 Å². The molecule has 0 heterocycles. The summed E-state index contributed by atoms with van der Waals surface area (Å²) < 4.78 is 0. The molecule has 0 saturated carbocycles. The second-order valence-corrected chi connectivity index (χ2v) is 5.29. The van der Waals surface area contributed by atoms with Crippen molar-refractivity contribution in [2.45, 2.75) is 26.2 Å². The first kappa shape index (κ1) is 12.5. The Morgan fingerprint density at radius 3 is 2.11 bits per heavy atom. The minimum Gasteiger partial charge on any atom is -0.399 e. The zero-order chi connectivity index (χ0) is 13.3. The van der Waals surface area contributed by atoms with E-state index in [4.69, 9.17) is 11.5 Å². The Kier molecular flexibility index (Phi) is 3.04. The van der Waals surface area contributed by atoms with Crippen LogP contribution in [0.5, 0.6) is 0 Å². The SMILES string of the molecule is Cc1cc(N)cc(N)c1C(C)(C)c1ccccc1. The molecule has 18 heavy (non-hydrogen) atoms. The monoisotopic (exact) mass is 240 g/mol. The highest BCUT2D eigenvalue weighted by Crippen LogP contribution is 2.37. The van der Waals surface area contributed by atoms with Gasteiger partial charge in [-0.1, -0.05) is 44.2 Å². The molecular weight excluding hydrogens is 220 g/mol. The van der Waals surface area contributed by atoms with Crippen molar-refractivity contribution in [1.29, 1.82) is 0 Å². The number of rotatable bonds is 2. The van der Waals surface area contributed by atoms with Gasteiger partial charge in [0.25, 0.3) is 0 Å². The molecule has 0 spiro atoms. The summed E-state index contributed by atoms with van der Waals surface area (Å²) in [6.07, 6.45) is 0. The Labute approximate surface area is 109 Å². The molecule has 0 aliphatic rings. The van der Waals surface area contributed by atoms with Crippen LogP contribution in [-0.4, -0.2) is 0 Å². The van der Waals surface area contributed by atoms with E-state index in [0.29, 0.717) is 0 Å². The molecule has 0 bridgehead atoms. The average molecular weight is 240 g/mol. The largest absolute Gasteiger partial charge is 0.399 e. The van der Waals surface area contributed by atoms with E-state index in [1.165, 1.54) is 5.56 Å². The quantitative estimate of drug-likeness (QED) is 0.789. The lowest BCUT2D eigenvalue weighted by molar-refractivity contribution is 0.639. The fourth-order valence-electron chi connectivity index (χ4n) is 2.70. The van der Waals surface area contributed by atoms with E-state index in [9.17, 15) is 0 Å². The molecule has 2 nitrogen and oxygen atoms in total. The smallest absolute Gasteiger partial charge is 0.0378 e. The van der Waals surface area contributed by atoms with Gasteiger partial charge in [0.05, 0.1) is 0 Å². The van der Waals surface area contributed by atoms with E-state index in [1.54, 1.807) is 0 Å². The Morgan fingerprint density at radius 2 is 1.56 bits per heavy atom. The first-order chi connectivity index (χ1) is 8.43. The lowest BCUT2D eigenvalue weighted by Gasteiger charge is -2.29. The first-order valence-electron chi connectivity index (χ1n) is 6.14. The topological polar surface area (TPSA) is 52.0 Å². The molecule has 0 aromatic heterocycles. The summed E-state index contributed by atoms with van der Waals surface area (Å²) in [6.45, 7) is 6.45. The van der Waals surface area contributed by atoms with Gasteiger partial charge in [-0.3, -0.25) is 0 Å². The highest BCUT2D eigenvalue weighted by Gasteiger charge is 2.27. The highest BCUT2D eigenvalue weighted by molar-refractivity contribution is 5.64. The van der Waals surface area contributed by atoms with E-state index < -0.39 is 0 Å². The van der Waals surface area contributed by atoms with Gasteiger partial charge in [-0.25, -0.2) is 0 Å². The Bertz CT molecular complexity index is 534. The van der Waals surface area contributed by atoms with Crippen LogP contribution in [0.3, 0.4) is 0 Å². The summed E-state index contributed by atoms with van der Waals surface area (Å²) in [7, 11) is 0. The van der Waals surface area contributed by atoms with Crippen molar-refractivity contribution in [3.63, 3.8) is 0 Å². The number of aryl methyl sites for hydroxylation is 1. The maximum absolute atomic E-state index is 6.17. The number of hydrogen-bond donors (Lipinski definition) is 2. The third-order valence-corrected chi connectivity index (χ3v) is 3.51. The lowest BCUT2D eigenvalue weighted by Crippen LogP contribution is -2.22. The van der Waals surface area contributed by atoms with Gasteiger partial charge in [-0.05, 0) is 35.7 Å². The van der Waals surface area contributed by atoms with Gasteiger partial charge >= 0.3 is 0 Å². The Balaban J connectivity index is 2.61. The number of nitrogen functional groups attached to an aromatic ring is 2. The van der Waals surface area contributed by atoms with Gasteiger partial charge in [0, 0.05) is 16.8 Å². The normalized spacial score (nSPS) is 11.5. The predicted octanol–water partition coefficient (Wildman–Crippen LogP) is 3.49. The van der Waals surface area contributed by atoms with Crippen molar-refractivity contribution >= 4 is 11.4 Å². The maximum Gasteiger partial charge on any atom is 0.0378 e. The van der Waals surface area contributed by atoms with Gasteiger partial charge in [-0.2, -0.15) is 0 Å². The van der Waals surface area contributed by atoms with Crippen LogP contribution < -0.4 is 11.5 Å². The number of hydrogen-bond acceptors (Lipinski definition) is 2. The van der Waals surface area contributed by atoms with Gasteiger partial charge in [0.2, 0.25) is 0 Å². The zero-order valence-electron chi connectivity index (χ0n) is 11.2. The van der Waals surface area contributed by atoms with Crippen LogP contribution in [0.15, 0.2) is 42.5 Å². The summed E-state index contributed by atoms with van der Waals surface area (Å²) in [5, 5.41) is 0. The van der Waals surface area contributed by atoms with Crippen LogP contribution in [0.25, 0.3) is 0 Å². The molecule has 2 aromatic carbocycles. The minimum absolute atomic E-state index is 0.122. The third kappa shape index (κ3) is 2.06. The molecule has 0 amide bonds. The van der Waals surface area contributed by atoms with Crippen molar-refractivity contribution in [2.75, 3.05) is 11.5 Å². The molecule has 0 aliphatic heterocycles. The molecule has 94 valence electrons. The van der Waals surface area contributed by atoms with Crippen molar-refractivity contribution in [2.24, 2.45) is 0 Å². The highest BCUT2D eigenvalue weighted by atomic mass is 14.6. The van der Waals surface area contributed by atoms with Gasteiger partial charge in [0.1, 0.15) is 0 Å². The third-order valence-electron chi connectivity index (χ3n) is 3.51. The molecule has 0 unspecified atom stereocenters. The maximum atomic E-state index is 6.17. The Morgan fingerprint density at radius 1 is 0.944 bits per heavy atom. The molecule has 0 aliphatic carbocycles. The Hall–Kier alpha value is -1.96. The summed E-state index contributed by atoms with van der Waals surface area (Å²) in [5.74, 6) is 0. The van der Waals surface area contributed by atoms with E-state index in [2.05, 4.69) is 45.0 Å². The van der Waals surface area contributed by atoms with Crippen molar-refractivity contribution < 1.29 is 0 Å². The molecule has 0 radical (unpaired) electrons. The predicted molar refractivity (Wildman–Crippen MR) is 78.6 cm³/mol. The van der Waals surface area contributed by atoms with Crippen LogP contribution in [0, 0.1) is 6.92 Å². The molecule has 0 saturated heterocycles. The molecule has 0 fully saturated rings. The van der Waals surface area contributed by atoms with Gasteiger partial charge in [0.15, 0.2) is 0 Å². The molecule has 2 rings (SSSR count). The number of nitrogens with two attached hydrogens (primary N) is 2. The molecular formula is C16H20N2. The van der Waals surface area contributed by atoms with Crippen LogP contribution in [0.2, 0.25) is 0 Å². The molecule has 2 aromatic rings. The van der Waals surface area contributed by atoms with E-state index >= 15 is 0 Å². The first-order valence-corrected chi connectivity index (χ1v) is 6.14. The second-order valence-electron chi connectivity index (χ2n) is 5.29. The van der Waals surface area contributed by atoms with Crippen molar-refractivity contribution in [1.82, 2.24) is 0 Å². The zero-order valence-corrected chi connectivity index (χ0v) is 11.2. The second kappa shape index (κ2) is 4.37. The van der Waals surface area contributed by atoms with Gasteiger partial charge < -0.3 is 11.5 Å². The van der Waals surface area contributed by atoms with Crippen LogP contribution in [0.1, 0.15) is 30.5 Å². The van der Waals surface area contributed by atoms with Gasteiger partial charge in [-0.15, -0.1) is 0 Å². The lowest BCUT2D eigenvalue weighted by atomic mass is 9.75. The fraction of sp³-hybridized carbons (Fsp3) is 0.250. The van der Waals surface area contributed by atoms with E-state index in [1.807, 2.05) is 18.2 Å². The van der Waals surface area contributed by atoms with E-state index in [0.717, 1.165) is 22.5 Å². The number of benzene rings is 2. The van der Waals surface area contributed by atoms with Crippen molar-refractivity contribution in [3.05, 3.63) is 59.2 Å². The summed E-state index contributed by atoms with van der Waals surface area (Å²) in [4.78, 5) is 0. The fourth-order valence-corrected chi connectivity index (χ4v) is 2.70. The number of anilines is 2. The summed E-state index contributed by atoms with van der Waals surface area (Å²) in [5.41, 5.74) is 16.9. The van der Waals surface area contributed by atoms with Crippen LogP contribution in [-0.2, 0) is 5.41 Å². The average Bonchev–Trinajstić information content (AvgIpc) is 2.28. The molecule has 2 heteroatoms. The van der Waals surface area contributed by atoms with Crippen molar-refractivity contribution in [3.8, 4) is 0 Å². The minimum atomic E-state index is -0.122. The summed E-state index contributed by atoms with van der Waals surface area (Å²) in [6, 6.07) is 14.2. The molecule has 4 N–H and O–H groups in total. The standard InChI is InChI=1S/C16H20N2/c1-11-9-13(17)10-14(18)15(11)16(2,3)12-7-5-4-6-8-12/h4-10H,17-18H2,1-3H3.